The Kier molecular flexibility index (Phi) is 3.90. The molecule has 1 amide bonds. The van der Waals surface area contributed by atoms with E-state index in [1.807, 2.05) is 0 Å². The van der Waals surface area contributed by atoms with Gasteiger partial charge in [-0.05, 0) is 87.0 Å². The van der Waals surface area contributed by atoms with Crippen molar-refractivity contribution in [1.29, 1.82) is 0 Å². The molecule has 2 unspecified atom stereocenters. The Labute approximate surface area is 155 Å². The predicted molar refractivity (Wildman–Crippen MR) is 98.2 cm³/mol. The lowest BCUT2D eigenvalue weighted by Crippen LogP contribution is -2.42. The third-order valence-electron chi connectivity index (χ3n) is 6.68. The molecule has 0 aromatic heterocycles. The average molecular weight is 375 g/mol. The number of nitrogens with one attached hydrogen (secondary N) is 1. The van der Waals surface area contributed by atoms with Gasteiger partial charge in [-0.2, -0.15) is 0 Å². The zero-order valence-corrected chi connectivity index (χ0v) is 15.7. The molecular weight excluding hydrogens is 348 g/mol. The van der Waals surface area contributed by atoms with Crippen LogP contribution in [0, 0.1) is 17.8 Å². The highest BCUT2D eigenvalue weighted by atomic mass is 32.2. The van der Waals surface area contributed by atoms with E-state index < -0.39 is 10.0 Å². The van der Waals surface area contributed by atoms with E-state index in [1.165, 1.54) is 19.3 Å². The van der Waals surface area contributed by atoms with Crippen molar-refractivity contribution in [2.75, 3.05) is 6.54 Å². The fourth-order valence-electron chi connectivity index (χ4n) is 5.46. The molecule has 2 heterocycles. The van der Waals surface area contributed by atoms with Crippen molar-refractivity contribution < 1.29 is 13.2 Å². The van der Waals surface area contributed by atoms with Gasteiger partial charge < -0.3 is 4.90 Å². The summed E-state index contributed by atoms with van der Waals surface area (Å²) in [5.41, 5.74) is 0.608. The maximum absolute atomic E-state index is 13.1. The monoisotopic (exact) mass is 374 g/mol. The Morgan fingerprint density at radius 1 is 0.923 bits per heavy atom. The van der Waals surface area contributed by atoms with E-state index in [2.05, 4.69) is 9.62 Å². The van der Waals surface area contributed by atoms with Gasteiger partial charge in [-0.15, -0.1) is 0 Å². The number of rotatable bonds is 4. The van der Waals surface area contributed by atoms with Gasteiger partial charge in [0.2, 0.25) is 10.0 Å². The van der Waals surface area contributed by atoms with Crippen LogP contribution in [-0.4, -0.2) is 37.9 Å². The van der Waals surface area contributed by atoms with E-state index in [-0.39, 0.29) is 16.8 Å². The first-order chi connectivity index (χ1) is 12.5. The van der Waals surface area contributed by atoms with E-state index >= 15 is 0 Å². The number of benzene rings is 1. The van der Waals surface area contributed by atoms with Gasteiger partial charge in [0.05, 0.1) is 4.90 Å². The van der Waals surface area contributed by atoms with Gasteiger partial charge in [0, 0.05) is 24.2 Å². The van der Waals surface area contributed by atoms with Crippen LogP contribution >= 0.6 is 0 Å². The predicted octanol–water partition coefficient (Wildman–Crippen LogP) is 2.78. The Bertz CT molecular complexity index is 802. The van der Waals surface area contributed by atoms with Crippen molar-refractivity contribution in [3.05, 3.63) is 29.8 Å². The van der Waals surface area contributed by atoms with Crippen molar-refractivity contribution in [3.63, 3.8) is 0 Å². The van der Waals surface area contributed by atoms with Crippen LogP contribution in [0.2, 0.25) is 0 Å². The van der Waals surface area contributed by atoms with Gasteiger partial charge in [-0.25, -0.2) is 13.1 Å². The molecule has 2 aliphatic heterocycles. The number of carbonyl (C=O) groups is 1. The van der Waals surface area contributed by atoms with Crippen molar-refractivity contribution in [3.8, 4) is 0 Å². The van der Waals surface area contributed by atoms with Crippen LogP contribution in [0.1, 0.15) is 55.3 Å². The highest BCUT2D eigenvalue weighted by Crippen LogP contribution is 2.47. The molecule has 6 heteroatoms. The zero-order valence-electron chi connectivity index (χ0n) is 14.9. The molecule has 5 nitrogen and oxygen atoms in total. The molecule has 6 rings (SSSR count). The molecule has 0 spiro atoms. The standard InChI is InChI=1S/C20H26N2O3S/c23-20(22-12-15-8-13-7-14(9-15)11-18(22)10-13)16-1-5-19(6-2-16)26(24,25)21-17-3-4-17/h1-2,5-6,13-15,17-18,21H,3-4,7-12H2. The Hall–Kier alpha value is -1.40. The summed E-state index contributed by atoms with van der Waals surface area (Å²) >= 11 is 0. The van der Waals surface area contributed by atoms with Crippen LogP contribution in [0.5, 0.6) is 0 Å². The first kappa shape index (κ1) is 16.8. The van der Waals surface area contributed by atoms with Crippen LogP contribution in [0.3, 0.4) is 0 Å². The van der Waals surface area contributed by atoms with E-state index in [9.17, 15) is 13.2 Å². The van der Waals surface area contributed by atoms with Crippen LogP contribution in [0.4, 0.5) is 0 Å². The van der Waals surface area contributed by atoms with E-state index in [0.29, 0.717) is 17.5 Å². The van der Waals surface area contributed by atoms with Crippen molar-refractivity contribution in [1.82, 2.24) is 9.62 Å². The second-order valence-electron chi connectivity index (χ2n) is 8.81. The van der Waals surface area contributed by atoms with E-state index in [4.69, 9.17) is 0 Å². The quantitative estimate of drug-likeness (QED) is 0.881. The second-order valence-corrected chi connectivity index (χ2v) is 10.5. The zero-order chi connectivity index (χ0) is 17.9. The third kappa shape index (κ3) is 3.07. The van der Waals surface area contributed by atoms with Gasteiger partial charge >= 0.3 is 0 Å². The molecule has 140 valence electrons. The van der Waals surface area contributed by atoms with Gasteiger partial charge in [0.15, 0.2) is 0 Å². The van der Waals surface area contributed by atoms with Crippen molar-refractivity contribution in [2.45, 2.75) is 61.9 Å². The first-order valence-corrected chi connectivity index (χ1v) is 11.4. The van der Waals surface area contributed by atoms with Gasteiger partial charge in [-0.1, -0.05) is 0 Å². The molecule has 1 aromatic rings. The highest BCUT2D eigenvalue weighted by Gasteiger charge is 2.44. The summed E-state index contributed by atoms with van der Waals surface area (Å²) in [6.07, 6.45) is 8.04. The molecule has 2 atom stereocenters. The summed E-state index contributed by atoms with van der Waals surface area (Å²) in [4.78, 5) is 15.5. The molecule has 26 heavy (non-hydrogen) atoms. The van der Waals surface area contributed by atoms with Gasteiger partial charge in [-0.3, -0.25) is 4.79 Å². The summed E-state index contributed by atoms with van der Waals surface area (Å²) in [6.45, 7) is 0.875. The van der Waals surface area contributed by atoms with Crippen LogP contribution in [0.25, 0.3) is 0 Å². The van der Waals surface area contributed by atoms with Gasteiger partial charge in [0.1, 0.15) is 0 Å². The second kappa shape index (κ2) is 6.06. The third-order valence-corrected chi connectivity index (χ3v) is 8.21. The summed E-state index contributed by atoms with van der Waals surface area (Å²) in [7, 11) is -3.46. The minimum Gasteiger partial charge on any atom is -0.335 e. The largest absolute Gasteiger partial charge is 0.335 e. The molecule has 5 fully saturated rings. The number of sulfonamides is 1. The maximum Gasteiger partial charge on any atom is 0.254 e. The first-order valence-electron chi connectivity index (χ1n) is 9.91. The minimum absolute atomic E-state index is 0.0716. The van der Waals surface area contributed by atoms with Crippen LogP contribution in [0.15, 0.2) is 29.2 Å². The highest BCUT2D eigenvalue weighted by molar-refractivity contribution is 7.89. The molecule has 4 bridgehead atoms. The number of nitrogens with zero attached hydrogens (tertiary/aromatic N) is 1. The molecule has 1 aromatic carbocycles. The average Bonchev–Trinajstić information content (AvgIpc) is 3.43. The lowest BCUT2D eigenvalue weighted by Gasteiger charge is -2.39. The van der Waals surface area contributed by atoms with Gasteiger partial charge in [0.25, 0.3) is 5.91 Å². The summed E-state index contributed by atoms with van der Waals surface area (Å²) in [5.74, 6) is 2.33. The number of hydrogen-bond donors (Lipinski definition) is 1. The fraction of sp³-hybridized carbons (Fsp3) is 0.650. The number of fused-ring (bicyclic) bond motifs is 1. The number of carbonyl (C=O) groups excluding carboxylic acids is 1. The molecule has 3 aliphatic carbocycles. The van der Waals surface area contributed by atoms with Crippen molar-refractivity contribution >= 4 is 15.9 Å². The minimum atomic E-state index is -3.46. The summed E-state index contributed by atoms with van der Waals surface area (Å²) in [5, 5.41) is 0. The molecule has 3 saturated carbocycles. The lowest BCUT2D eigenvalue weighted by molar-refractivity contribution is 0.0632. The normalized spacial score (nSPS) is 33.3. The molecule has 1 N–H and O–H groups in total. The van der Waals surface area contributed by atoms with E-state index in [0.717, 1.165) is 44.1 Å². The Balaban J connectivity index is 1.35. The number of amides is 1. The molecular formula is C20H26N2O3S. The number of hydrogen-bond acceptors (Lipinski definition) is 3. The molecule has 2 saturated heterocycles. The fourth-order valence-corrected chi connectivity index (χ4v) is 6.77. The topological polar surface area (TPSA) is 66.5 Å². The van der Waals surface area contributed by atoms with Crippen molar-refractivity contribution in [2.24, 2.45) is 17.8 Å². The summed E-state index contributed by atoms with van der Waals surface area (Å²) in [6, 6.07) is 6.96. The maximum atomic E-state index is 13.1. The smallest absolute Gasteiger partial charge is 0.254 e. The lowest BCUT2D eigenvalue weighted by atomic mass is 9.68. The SMILES string of the molecule is O=C(c1ccc(S(=O)(=O)NC2CC2)cc1)N1CC2CC3CC(C2)CC1C3. The summed E-state index contributed by atoms with van der Waals surface area (Å²) < 4.78 is 27.3. The Morgan fingerprint density at radius 2 is 1.54 bits per heavy atom. The Morgan fingerprint density at radius 3 is 2.15 bits per heavy atom. The molecule has 0 radical (unpaired) electrons. The molecule has 5 aliphatic rings. The van der Waals surface area contributed by atoms with Crippen LogP contribution < -0.4 is 4.72 Å². The van der Waals surface area contributed by atoms with E-state index in [1.54, 1.807) is 24.3 Å². The van der Waals surface area contributed by atoms with Crippen LogP contribution in [-0.2, 0) is 10.0 Å².